The molecule has 0 amide bonds. The summed E-state index contributed by atoms with van der Waals surface area (Å²) < 4.78 is 5.10. The van der Waals surface area contributed by atoms with Crippen molar-refractivity contribution in [2.45, 2.75) is 26.7 Å². The van der Waals surface area contributed by atoms with E-state index in [1.165, 1.54) is 16.7 Å². The molecule has 104 valence electrons. The van der Waals surface area contributed by atoms with Gasteiger partial charge in [-0.3, -0.25) is 4.79 Å². The number of carbonyl (C=O) groups excluding carboxylic acids is 1. The van der Waals surface area contributed by atoms with Gasteiger partial charge in [0.2, 0.25) is 0 Å². The van der Waals surface area contributed by atoms with Crippen LogP contribution in [0.15, 0.2) is 42.5 Å². The summed E-state index contributed by atoms with van der Waals surface area (Å²) in [7, 11) is 1.62. The molecule has 0 spiro atoms. The van der Waals surface area contributed by atoms with Crippen LogP contribution in [0, 0.1) is 13.8 Å². The van der Waals surface area contributed by atoms with Crippen molar-refractivity contribution in [2.75, 3.05) is 7.11 Å². The standard InChI is InChI=1S/C18H20O2/c1-13-5-4-6-15(14(13)2)9-12-18(19)16-7-10-17(20-3)11-8-16/h4-8,10-11H,9,12H2,1-3H3. The Labute approximate surface area is 120 Å². The third-order valence-electron chi connectivity index (χ3n) is 3.75. The molecule has 2 nitrogen and oxygen atoms in total. The number of rotatable bonds is 5. The van der Waals surface area contributed by atoms with Gasteiger partial charge in [-0.2, -0.15) is 0 Å². The van der Waals surface area contributed by atoms with E-state index in [9.17, 15) is 4.79 Å². The number of hydrogen-bond donors (Lipinski definition) is 0. The number of benzene rings is 2. The molecule has 2 rings (SSSR count). The van der Waals surface area contributed by atoms with E-state index in [1.807, 2.05) is 24.3 Å². The van der Waals surface area contributed by atoms with Crippen molar-refractivity contribution in [3.63, 3.8) is 0 Å². The van der Waals surface area contributed by atoms with Crippen LogP contribution in [-0.2, 0) is 6.42 Å². The Morgan fingerprint density at radius 3 is 2.40 bits per heavy atom. The number of ketones is 1. The summed E-state index contributed by atoms with van der Waals surface area (Å²) >= 11 is 0. The Balaban J connectivity index is 2.02. The van der Waals surface area contributed by atoms with Crippen LogP contribution in [0.4, 0.5) is 0 Å². The van der Waals surface area contributed by atoms with Crippen LogP contribution in [0.2, 0.25) is 0 Å². The topological polar surface area (TPSA) is 26.3 Å². The van der Waals surface area contributed by atoms with Gasteiger partial charge in [0.15, 0.2) is 5.78 Å². The maximum atomic E-state index is 12.2. The van der Waals surface area contributed by atoms with Crippen molar-refractivity contribution in [1.29, 1.82) is 0 Å². The number of carbonyl (C=O) groups is 1. The summed E-state index contributed by atoms with van der Waals surface area (Å²) in [5.41, 5.74) is 4.57. The lowest BCUT2D eigenvalue weighted by molar-refractivity contribution is 0.0983. The molecule has 0 radical (unpaired) electrons. The highest BCUT2D eigenvalue weighted by Crippen LogP contribution is 2.17. The largest absolute Gasteiger partial charge is 0.497 e. The number of aryl methyl sites for hydroxylation is 2. The zero-order valence-corrected chi connectivity index (χ0v) is 12.3. The first-order chi connectivity index (χ1) is 9.61. The lowest BCUT2D eigenvalue weighted by atomic mass is 9.97. The highest BCUT2D eigenvalue weighted by atomic mass is 16.5. The molecule has 0 aromatic heterocycles. The van der Waals surface area contributed by atoms with E-state index >= 15 is 0 Å². The molecule has 0 heterocycles. The molecule has 2 aromatic rings. The molecule has 0 aliphatic rings. The van der Waals surface area contributed by atoms with Crippen LogP contribution >= 0.6 is 0 Å². The molecule has 0 fully saturated rings. The molecule has 0 aliphatic heterocycles. The van der Waals surface area contributed by atoms with E-state index in [0.29, 0.717) is 6.42 Å². The van der Waals surface area contributed by atoms with Crippen LogP contribution in [0.5, 0.6) is 5.75 Å². The second kappa shape index (κ2) is 6.38. The van der Waals surface area contributed by atoms with Gasteiger partial charge in [-0.15, -0.1) is 0 Å². The SMILES string of the molecule is COc1ccc(C(=O)CCc2cccc(C)c2C)cc1. The van der Waals surface area contributed by atoms with Crippen molar-refractivity contribution < 1.29 is 9.53 Å². The van der Waals surface area contributed by atoms with Gasteiger partial charge in [-0.25, -0.2) is 0 Å². The van der Waals surface area contributed by atoms with E-state index in [0.717, 1.165) is 17.7 Å². The molecular formula is C18H20O2. The number of hydrogen-bond acceptors (Lipinski definition) is 2. The number of methoxy groups -OCH3 is 1. The van der Waals surface area contributed by atoms with Gasteiger partial charge >= 0.3 is 0 Å². The van der Waals surface area contributed by atoms with Gasteiger partial charge in [-0.1, -0.05) is 18.2 Å². The molecule has 0 saturated carbocycles. The van der Waals surface area contributed by atoms with Crippen LogP contribution in [0.25, 0.3) is 0 Å². The van der Waals surface area contributed by atoms with Crippen molar-refractivity contribution in [2.24, 2.45) is 0 Å². The Kier molecular flexibility index (Phi) is 4.57. The average molecular weight is 268 g/mol. The van der Waals surface area contributed by atoms with Crippen molar-refractivity contribution >= 4 is 5.78 Å². The van der Waals surface area contributed by atoms with Crippen LogP contribution < -0.4 is 4.74 Å². The maximum Gasteiger partial charge on any atom is 0.163 e. The van der Waals surface area contributed by atoms with Gasteiger partial charge in [0, 0.05) is 12.0 Å². The fourth-order valence-electron chi connectivity index (χ4n) is 2.25. The molecule has 0 unspecified atom stereocenters. The third kappa shape index (κ3) is 3.27. The van der Waals surface area contributed by atoms with Gasteiger partial charge in [0.25, 0.3) is 0 Å². The summed E-state index contributed by atoms with van der Waals surface area (Å²) in [6, 6.07) is 13.5. The maximum absolute atomic E-state index is 12.2. The molecule has 0 aliphatic carbocycles. The molecular weight excluding hydrogens is 248 g/mol. The first-order valence-electron chi connectivity index (χ1n) is 6.84. The molecule has 2 aromatic carbocycles. The van der Waals surface area contributed by atoms with Crippen LogP contribution in [0.1, 0.15) is 33.5 Å². The van der Waals surface area contributed by atoms with E-state index in [4.69, 9.17) is 4.74 Å². The van der Waals surface area contributed by atoms with Crippen molar-refractivity contribution in [3.8, 4) is 5.75 Å². The fourth-order valence-corrected chi connectivity index (χ4v) is 2.25. The third-order valence-corrected chi connectivity index (χ3v) is 3.75. The Morgan fingerprint density at radius 1 is 1.05 bits per heavy atom. The zero-order chi connectivity index (χ0) is 14.5. The van der Waals surface area contributed by atoms with E-state index in [-0.39, 0.29) is 5.78 Å². The second-order valence-electron chi connectivity index (χ2n) is 5.01. The normalized spacial score (nSPS) is 10.3. The summed E-state index contributed by atoms with van der Waals surface area (Å²) in [5, 5.41) is 0. The van der Waals surface area contributed by atoms with Gasteiger partial charge in [-0.05, 0) is 61.2 Å². The molecule has 0 atom stereocenters. The van der Waals surface area contributed by atoms with E-state index in [2.05, 4.69) is 32.0 Å². The summed E-state index contributed by atoms with van der Waals surface area (Å²) in [4.78, 5) is 12.2. The van der Waals surface area contributed by atoms with Crippen LogP contribution in [0.3, 0.4) is 0 Å². The number of Topliss-reactive ketones (excluding diaryl/α,β-unsaturated/α-hetero) is 1. The summed E-state index contributed by atoms with van der Waals surface area (Å²) in [5.74, 6) is 0.949. The average Bonchev–Trinajstić information content (AvgIpc) is 2.48. The highest BCUT2D eigenvalue weighted by Gasteiger charge is 2.08. The van der Waals surface area contributed by atoms with Crippen molar-refractivity contribution in [1.82, 2.24) is 0 Å². The number of ether oxygens (including phenoxy) is 1. The quantitative estimate of drug-likeness (QED) is 0.762. The van der Waals surface area contributed by atoms with Crippen molar-refractivity contribution in [3.05, 3.63) is 64.7 Å². The monoisotopic (exact) mass is 268 g/mol. The van der Waals surface area contributed by atoms with Gasteiger partial charge < -0.3 is 4.74 Å². The molecule has 0 bridgehead atoms. The second-order valence-corrected chi connectivity index (χ2v) is 5.01. The highest BCUT2D eigenvalue weighted by molar-refractivity contribution is 5.96. The van der Waals surface area contributed by atoms with Gasteiger partial charge in [0.05, 0.1) is 7.11 Å². The lowest BCUT2D eigenvalue weighted by Crippen LogP contribution is -2.02. The zero-order valence-electron chi connectivity index (χ0n) is 12.3. The molecule has 0 N–H and O–H groups in total. The molecule has 2 heteroatoms. The summed E-state index contributed by atoms with van der Waals surface area (Å²) in [6.07, 6.45) is 1.33. The first-order valence-corrected chi connectivity index (χ1v) is 6.84. The van der Waals surface area contributed by atoms with E-state index < -0.39 is 0 Å². The Hall–Kier alpha value is -2.09. The lowest BCUT2D eigenvalue weighted by Gasteiger charge is -2.08. The smallest absolute Gasteiger partial charge is 0.163 e. The fraction of sp³-hybridized carbons (Fsp3) is 0.278. The molecule has 0 saturated heterocycles. The first kappa shape index (κ1) is 14.3. The Morgan fingerprint density at radius 2 is 1.75 bits per heavy atom. The minimum absolute atomic E-state index is 0.175. The Bertz CT molecular complexity index is 597. The predicted octanol–water partition coefficient (Wildman–Crippen LogP) is 4.13. The summed E-state index contributed by atoms with van der Waals surface area (Å²) in [6.45, 7) is 4.21. The van der Waals surface area contributed by atoms with Gasteiger partial charge in [0.1, 0.15) is 5.75 Å². The predicted molar refractivity (Wildman–Crippen MR) is 81.6 cm³/mol. The minimum atomic E-state index is 0.175. The molecule has 20 heavy (non-hydrogen) atoms. The van der Waals surface area contributed by atoms with E-state index in [1.54, 1.807) is 7.11 Å². The minimum Gasteiger partial charge on any atom is -0.497 e. The van der Waals surface area contributed by atoms with Crippen LogP contribution in [-0.4, -0.2) is 12.9 Å².